The molecule has 98 valence electrons. The van der Waals surface area contributed by atoms with Gasteiger partial charge in [0.2, 0.25) is 0 Å². The number of anilines is 1. The van der Waals surface area contributed by atoms with Gasteiger partial charge in [0.1, 0.15) is 0 Å². The lowest BCUT2D eigenvalue weighted by Gasteiger charge is -2.13. The lowest BCUT2D eigenvalue weighted by molar-refractivity contribution is 0.763. The largest absolute Gasteiger partial charge is 0.361 e. The average Bonchev–Trinajstić information content (AvgIpc) is 3.16. The Hall–Kier alpha value is -1.14. The van der Waals surface area contributed by atoms with Crippen LogP contribution in [0.25, 0.3) is 0 Å². The summed E-state index contributed by atoms with van der Waals surface area (Å²) in [5.74, 6) is 1.41. The van der Waals surface area contributed by atoms with E-state index in [0.717, 1.165) is 23.6 Å². The molecular formula is C11H16ClN5S. The van der Waals surface area contributed by atoms with Crippen LogP contribution >= 0.6 is 23.8 Å². The van der Waals surface area contributed by atoms with Crippen molar-refractivity contribution in [2.75, 3.05) is 12.0 Å². The fraction of sp³-hybridized carbons (Fsp3) is 0.545. The zero-order valence-electron chi connectivity index (χ0n) is 10.4. The molecule has 0 bridgehead atoms. The Kier molecular flexibility index (Phi) is 4.19. The number of hydrazine groups is 1. The molecule has 1 fully saturated rings. The van der Waals surface area contributed by atoms with Crippen molar-refractivity contribution in [3.05, 3.63) is 16.3 Å². The molecule has 1 aromatic rings. The molecular weight excluding hydrogens is 270 g/mol. The van der Waals surface area contributed by atoms with Gasteiger partial charge in [-0.25, -0.2) is 0 Å². The number of nitrogens with one attached hydrogen (secondary N) is 3. The van der Waals surface area contributed by atoms with E-state index in [0.29, 0.717) is 16.1 Å². The molecule has 3 N–H and O–H groups in total. The van der Waals surface area contributed by atoms with Crippen molar-refractivity contribution < 1.29 is 0 Å². The van der Waals surface area contributed by atoms with E-state index in [9.17, 15) is 0 Å². The monoisotopic (exact) mass is 285 g/mol. The first kappa shape index (κ1) is 13.3. The maximum Gasteiger partial charge on any atom is 0.185 e. The highest BCUT2D eigenvalue weighted by Gasteiger charge is 2.20. The van der Waals surface area contributed by atoms with Crippen molar-refractivity contribution in [2.24, 2.45) is 5.92 Å². The van der Waals surface area contributed by atoms with E-state index in [1.54, 1.807) is 0 Å². The lowest BCUT2D eigenvalue weighted by Crippen LogP contribution is -2.40. The van der Waals surface area contributed by atoms with Crippen LogP contribution in [0.15, 0.2) is 0 Å². The summed E-state index contributed by atoms with van der Waals surface area (Å²) in [7, 11) is 0. The number of hydrogen-bond acceptors (Lipinski definition) is 4. The van der Waals surface area contributed by atoms with Gasteiger partial charge in [0, 0.05) is 12.1 Å². The standard InChI is InChI=1S/C11H16ClN5S/c1-6-7(2)10(15-14-9(6)12)16-17-11(18)13-5-8-3-4-8/h8H,3-5H2,1-2H3,(H,15,16)(H2,13,17,18). The summed E-state index contributed by atoms with van der Waals surface area (Å²) >= 11 is 11.0. The van der Waals surface area contributed by atoms with Crippen molar-refractivity contribution in [3.63, 3.8) is 0 Å². The van der Waals surface area contributed by atoms with Gasteiger partial charge < -0.3 is 5.32 Å². The van der Waals surface area contributed by atoms with Crippen molar-refractivity contribution >= 4 is 34.7 Å². The van der Waals surface area contributed by atoms with E-state index < -0.39 is 0 Å². The quantitative estimate of drug-likeness (QED) is 0.581. The minimum atomic E-state index is 0.424. The Morgan fingerprint density at radius 1 is 1.33 bits per heavy atom. The molecule has 18 heavy (non-hydrogen) atoms. The van der Waals surface area contributed by atoms with Gasteiger partial charge >= 0.3 is 0 Å². The van der Waals surface area contributed by atoms with Crippen LogP contribution in [-0.4, -0.2) is 21.9 Å². The minimum Gasteiger partial charge on any atom is -0.361 e. The molecule has 0 radical (unpaired) electrons. The highest BCUT2D eigenvalue weighted by atomic mass is 35.5. The van der Waals surface area contributed by atoms with E-state index in [2.05, 4.69) is 26.4 Å². The molecule has 1 aromatic heterocycles. The van der Waals surface area contributed by atoms with Gasteiger partial charge in [-0.05, 0) is 50.4 Å². The Bertz CT molecular complexity index is 461. The van der Waals surface area contributed by atoms with E-state index >= 15 is 0 Å². The van der Waals surface area contributed by atoms with E-state index in [1.807, 2.05) is 13.8 Å². The predicted octanol–water partition coefficient (Wildman–Crippen LogP) is 1.95. The van der Waals surface area contributed by atoms with Crippen molar-refractivity contribution in [3.8, 4) is 0 Å². The Morgan fingerprint density at radius 2 is 2.06 bits per heavy atom. The number of nitrogens with zero attached hydrogens (tertiary/aromatic N) is 2. The second-order valence-corrected chi connectivity index (χ2v) is 5.26. The van der Waals surface area contributed by atoms with Crippen LogP contribution < -0.4 is 16.2 Å². The molecule has 1 aliphatic rings. The van der Waals surface area contributed by atoms with Gasteiger partial charge in [-0.3, -0.25) is 10.9 Å². The number of thiocarbonyl (C=S) groups is 1. The molecule has 1 saturated carbocycles. The van der Waals surface area contributed by atoms with E-state index in [1.165, 1.54) is 12.8 Å². The first-order valence-electron chi connectivity index (χ1n) is 5.87. The van der Waals surface area contributed by atoms with E-state index in [4.69, 9.17) is 23.8 Å². The summed E-state index contributed by atoms with van der Waals surface area (Å²) in [6, 6.07) is 0. The lowest BCUT2D eigenvalue weighted by atomic mass is 10.2. The highest BCUT2D eigenvalue weighted by Crippen LogP contribution is 2.27. The van der Waals surface area contributed by atoms with Gasteiger partial charge in [0.05, 0.1) is 0 Å². The molecule has 0 spiro atoms. The molecule has 0 saturated heterocycles. The van der Waals surface area contributed by atoms with Crippen LogP contribution in [0.5, 0.6) is 0 Å². The fourth-order valence-corrected chi connectivity index (χ4v) is 1.73. The molecule has 0 aromatic carbocycles. The molecule has 0 aliphatic heterocycles. The third-order valence-corrected chi connectivity index (χ3v) is 3.61. The molecule has 5 nitrogen and oxygen atoms in total. The summed E-state index contributed by atoms with van der Waals surface area (Å²) in [5, 5.41) is 12.0. The third-order valence-electron chi connectivity index (χ3n) is 3.01. The first-order chi connectivity index (χ1) is 8.58. The molecule has 7 heteroatoms. The second-order valence-electron chi connectivity index (χ2n) is 4.49. The number of halogens is 1. The fourth-order valence-electron chi connectivity index (χ4n) is 1.41. The van der Waals surface area contributed by atoms with Crippen LogP contribution in [-0.2, 0) is 0 Å². The van der Waals surface area contributed by atoms with Gasteiger partial charge in [-0.2, -0.15) is 0 Å². The Labute approximate surface area is 117 Å². The van der Waals surface area contributed by atoms with Crippen LogP contribution in [0.4, 0.5) is 5.82 Å². The minimum absolute atomic E-state index is 0.424. The topological polar surface area (TPSA) is 61.9 Å². The zero-order chi connectivity index (χ0) is 13.1. The normalized spacial score (nSPS) is 14.2. The van der Waals surface area contributed by atoms with Crippen LogP contribution in [0.2, 0.25) is 5.15 Å². The van der Waals surface area contributed by atoms with Gasteiger partial charge in [-0.15, -0.1) is 10.2 Å². The van der Waals surface area contributed by atoms with Crippen molar-refractivity contribution in [1.29, 1.82) is 0 Å². The average molecular weight is 286 g/mol. The zero-order valence-corrected chi connectivity index (χ0v) is 12.0. The summed E-state index contributed by atoms with van der Waals surface area (Å²) in [4.78, 5) is 0. The Morgan fingerprint density at radius 3 is 2.72 bits per heavy atom. The smallest absolute Gasteiger partial charge is 0.185 e. The van der Waals surface area contributed by atoms with Crippen molar-refractivity contribution in [2.45, 2.75) is 26.7 Å². The first-order valence-corrected chi connectivity index (χ1v) is 6.65. The molecule has 1 heterocycles. The maximum atomic E-state index is 5.88. The Balaban J connectivity index is 1.85. The molecule has 0 unspecified atom stereocenters. The summed E-state index contributed by atoms with van der Waals surface area (Å²) < 4.78 is 0. The number of aromatic nitrogens is 2. The van der Waals surface area contributed by atoms with Crippen LogP contribution in [0.1, 0.15) is 24.0 Å². The SMILES string of the molecule is Cc1c(Cl)nnc(NNC(=S)NCC2CC2)c1C. The maximum absolute atomic E-state index is 5.88. The molecule has 1 aliphatic carbocycles. The van der Waals surface area contributed by atoms with E-state index in [-0.39, 0.29) is 0 Å². The highest BCUT2D eigenvalue weighted by molar-refractivity contribution is 7.80. The van der Waals surface area contributed by atoms with Crippen molar-refractivity contribution in [1.82, 2.24) is 20.9 Å². The second kappa shape index (κ2) is 5.67. The summed E-state index contributed by atoms with van der Waals surface area (Å²) in [6.07, 6.45) is 2.59. The molecule has 2 rings (SSSR count). The number of rotatable bonds is 4. The summed E-state index contributed by atoms with van der Waals surface area (Å²) in [5.41, 5.74) is 7.69. The van der Waals surface area contributed by atoms with Gasteiger partial charge in [-0.1, -0.05) is 11.6 Å². The molecule has 0 amide bonds. The van der Waals surface area contributed by atoms with Gasteiger partial charge in [0.15, 0.2) is 16.1 Å². The van der Waals surface area contributed by atoms with Gasteiger partial charge in [0.25, 0.3) is 0 Å². The molecule has 0 atom stereocenters. The summed E-state index contributed by atoms with van der Waals surface area (Å²) in [6.45, 7) is 4.76. The van der Waals surface area contributed by atoms with Crippen LogP contribution in [0.3, 0.4) is 0 Å². The predicted molar refractivity (Wildman–Crippen MR) is 76.6 cm³/mol. The number of hydrogen-bond donors (Lipinski definition) is 3. The third kappa shape index (κ3) is 3.43. The van der Waals surface area contributed by atoms with Crippen LogP contribution in [0, 0.1) is 19.8 Å².